The number of halogens is 3. The first-order chi connectivity index (χ1) is 18.0. The number of carbonyl (C=O) groups excluding carboxylic acids is 2. The SMILES string of the molecule is CC(=O)OC1(N)NC(c2cccc(-c3cnccc3C(F)(F)F)c2)(c2ccc3c(c2)CCCO3)C(=O)N1C. The summed E-state index contributed by atoms with van der Waals surface area (Å²) in [6.45, 7) is 1.73. The number of benzene rings is 2. The Balaban J connectivity index is 1.73. The van der Waals surface area contributed by atoms with Gasteiger partial charge in [0.15, 0.2) is 5.54 Å². The molecule has 1 fully saturated rings. The van der Waals surface area contributed by atoms with Crippen LogP contribution in [0.3, 0.4) is 0 Å². The number of hydrogen-bond donors (Lipinski definition) is 2. The van der Waals surface area contributed by atoms with Crippen LogP contribution >= 0.6 is 0 Å². The van der Waals surface area contributed by atoms with Crippen LogP contribution in [0.25, 0.3) is 11.1 Å². The summed E-state index contributed by atoms with van der Waals surface area (Å²) < 4.78 is 52.4. The molecule has 2 aliphatic rings. The summed E-state index contributed by atoms with van der Waals surface area (Å²) in [4.78, 5) is 30.9. The van der Waals surface area contributed by atoms with Gasteiger partial charge in [-0.3, -0.25) is 25.2 Å². The molecule has 1 amide bonds. The highest BCUT2D eigenvalue weighted by molar-refractivity contribution is 5.95. The van der Waals surface area contributed by atoms with E-state index in [1.165, 1.54) is 19.2 Å². The Labute approximate surface area is 216 Å². The molecule has 2 aromatic carbocycles. The minimum absolute atomic E-state index is 0.145. The maximum absolute atomic E-state index is 14.0. The van der Waals surface area contributed by atoms with Gasteiger partial charge in [-0.15, -0.1) is 0 Å². The van der Waals surface area contributed by atoms with E-state index in [1.54, 1.807) is 24.3 Å². The first-order valence-electron chi connectivity index (χ1n) is 11.9. The van der Waals surface area contributed by atoms with Crippen LogP contribution in [-0.4, -0.2) is 41.4 Å². The summed E-state index contributed by atoms with van der Waals surface area (Å²) in [6.07, 6.45) is -0.909. The van der Waals surface area contributed by atoms with E-state index >= 15 is 0 Å². The highest BCUT2D eigenvalue weighted by Crippen LogP contribution is 2.43. The van der Waals surface area contributed by atoms with E-state index in [0.29, 0.717) is 29.9 Å². The molecule has 3 heterocycles. The largest absolute Gasteiger partial charge is 0.493 e. The van der Waals surface area contributed by atoms with Gasteiger partial charge in [0.1, 0.15) is 5.75 Å². The third-order valence-electron chi connectivity index (χ3n) is 6.86. The van der Waals surface area contributed by atoms with E-state index < -0.39 is 35.1 Å². The molecule has 11 heteroatoms. The zero-order valence-corrected chi connectivity index (χ0v) is 20.6. The molecule has 8 nitrogen and oxygen atoms in total. The Morgan fingerprint density at radius 1 is 1.18 bits per heavy atom. The number of ether oxygens (including phenoxy) is 2. The number of esters is 1. The number of aromatic nitrogens is 1. The highest BCUT2D eigenvalue weighted by Gasteiger charge is 2.60. The second kappa shape index (κ2) is 9.10. The number of hydrogen-bond acceptors (Lipinski definition) is 7. The predicted octanol–water partition coefficient (Wildman–Crippen LogP) is 3.53. The van der Waals surface area contributed by atoms with Gasteiger partial charge in [0.25, 0.3) is 5.91 Å². The molecule has 38 heavy (non-hydrogen) atoms. The maximum atomic E-state index is 14.0. The van der Waals surface area contributed by atoms with Crippen LogP contribution in [0, 0.1) is 0 Å². The summed E-state index contributed by atoms with van der Waals surface area (Å²) in [5, 5.41) is 3.01. The molecule has 3 aromatic rings. The van der Waals surface area contributed by atoms with Crippen LogP contribution in [0.15, 0.2) is 60.9 Å². The zero-order chi connectivity index (χ0) is 27.3. The fourth-order valence-corrected chi connectivity index (χ4v) is 5.06. The average Bonchev–Trinajstić information content (AvgIpc) is 3.09. The van der Waals surface area contributed by atoms with Crippen LogP contribution in [-0.2, 0) is 32.5 Å². The fourth-order valence-electron chi connectivity index (χ4n) is 5.06. The van der Waals surface area contributed by atoms with Crippen LogP contribution < -0.4 is 15.8 Å². The van der Waals surface area contributed by atoms with Crippen molar-refractivity contribution >= 4 is 11.9 Å². The molecule has 2 atom stereocenters. The van der Waals surface area contributed by atoms with E-state index in [0.717, 1.165) is 42.3 Å². The van der Waals surface area contributed by atoms with Gasteiger partial charge in [-0.25, -0.2) is 5.32 Å². The molecule has 5 rings (SSSR count). The molecule has 0 radical (unpaired) electrons. The first kappa shape index (κ1) is 25.7. The van der Waals surface area contributed by atoms with Crippen molar-refractivity contribution in [3.05, 3.63) is 83.2 Å². The van der Waals surface area contributed by atoms with E-state index in [9.17, 15) is 22.8 Å². The van der Waals surface area contributed by atoms with Gasteiger partial charge in [0.2, 0.25) is 0 Å². The van der Waals surface area contributed by atoms with Crippen molar-refractivity contribution in [1.82, 2.24) is 15.2 Å². The lowest BCUT2D eigenvalue weighted by Crippen LogP contribution is -2.63. The molecule has 1 saturated heterocycles. The Bertz CT molecular complexity index is 1430. The van der Waals surface area contributed by atoms with E-state index in [4.69, 9.17) is 15.2 Å². The van der Waals surface area contributed by atoms with Crippen molar-refractivity contribution in [2.75, 3.05) is 13.7 Å². The van der Waals surface area contributed by atoms with Crippen molar-refractivity contribution in [2.24, 2.45) is 5.73 Å². The molecule has 0 bridgehead atoms. The van der Waals surface area contributed by atoms with Gasteiger partial charge in [0.05, 0.1) is 12.2 Å². The average molecular weight is 527 g/mol. The molecule has 198 valence electrons. The lowest BCUT2D eigenvalue weighted by Gasteiger charge is -2.32. The summed E-state index contributed by atoms with van der Waals surface area (Å²) in [7, 11) is 1.38. The molecule has 1 aromatic heterocycles. The highest BCUT2D eigenvalue weighted by atomic mass is 19.4. The van der Waals surface area contributed by atoms with Gasteiger partial charge in [-0.05, 0) is 59.4 Å². The number of amides is 1. The minimum atomic E-state index is -4.62. The van der Waals surface area contributed by atoms with Crippen molar-refractivity contribution in [3.8, 4) is 16.9 Å². The third-order valence-corrected chi connectivity index (χ3v) is 6.86. The summed E-state index contributed by atoms with van der Waals surface area (Å²) in [5.74, 6) is -2.62. The van der Waals surface area contributed by atoms with Gasteiger partial charge >= 0.3 is 18.1 Å². The normalized spacial score (nSPS) is 23.1. The van der Waals surface area contributed by atoms with Gasteiger partial charge in [0, 0.05) is 31.9 Å². The van der Waals surface area contributed by atoms with Crippen LogP contribution in [0.2, 0.25) is 0 Å². The Morgan fingerprint density at radius 2 is 1.95 bits per heavy atom. The van der Waals surface area contributed by atoms with Crippen molar-refractivity contribution in [3.63, 3.8) is 0 Å². The lowest BCUT2D eigenvalue weighted by molar-refractivity contribution is -0.180. The number of carbonyl (C=O) groups is 2. The molecule has 0 aliphatic carbocycles. The quantitative estimate of drug-likeness (QED) is 0.396. The molecule has 2 aliphatic heterocycles. The Kier molecular flexibility index (Phi) is 6.15. The predicted molar refractivity (Wildman–Crippen MR) is 130 cm³/mol. The smallest absolute Gasteiger partial charge is 0.417 e. The summed E-state index contributed by atoms with van der Waals surface area (Å²) in [6, 6.07) is 12.3. The van der Waals surface area contributed by atoms with Crippen LogP contribution in [0.4, 0.5) is 13.2 Å². The fraction of sp³-hybridized carbons (Fsp3) is 0.296. The number of alkyl halides is 3. The topological polar surface area (TPSA) is 107 Å². The molecular formula is C27H25F3N4O4. The number of nitrogens with one attached hydrogen (secondary N) is 1. The molecular weight excluding hydrogens is 501 g/mol. The first-order valence-corrected chi connectivity index (χ1v) is 11.9. The lowest BCUT2D eigenvalue weighted by atomic mass is 9.80. The number of likely N-dealkylation sites (N-methyl/N-ethyl adjacent to an activating group) is 1. The standard InChI is InChI=1S/C27H25F3N4O4/c1-16(35)38-27(31)33-25(24(36)34(27)2,20-8-9-23-18(14-20)6-4-12-37-23)19-7-3-5-17(13-19)21-15-32-11-10-22(21)26(28,29)30/h3,5,7-11,13-15,33H,4,6,12,31H2,1-2H3. The molecule has 2 unspecified atom stereocenters. The van der Waals surface area contributed by atoms with E-state index in [-0.39, 0.29) is 11.1 Å². The van der Waals surface area contributed by atoms with Crippen molar-refractivity contribution in [1.29, 1.82) is 0 Å². The summed E-state index contributed by atoms with van der Waals surface area (Å²) >= 11 is 0. The minimum Gasteiger partial charge on any atom is -0.493 e. The monoisotopic (exact) mass is 526 g/mol. The summed E-state index contributed by atoms with van der Waals surface area (Å²) in [5.41, 5.74) is 5.53. The Morgan fingerprint density at radius 3 is 2.68 bits per heavy atom. The van der Waals surface area contributed by atoms with Crippen molar-refractivity contribution < 1.29 is 32.2 Å². The second-order valence-corrected chi connectivity index (χ2v) is 9.30. The van der Waals surface area contributed by atoms with Crippen molar-refractivity contribution in [2.45, 2.75) is 37.5 Å². The number of fused-ring (bicyclic) bond motifs is 1. The zero-order valence-electron chi connectivity index (χ0n) is 20.6. The number of nitrogens with two attached hydrogens (primary N) is 1. The number of aryl methyl sites for hydroxylation is 1. The van der Waals surface area contributed by atoms with E-state index in [1.807, 2.05) is 6.07 Å². The molecule has 0 saturated carbocycles. The number of pyridine rings is 1. The van der Waals surface area contributed by atoms with Gasteiger partial charge in [-0.2, -0.15) is 13.2 Å². The second-order valence-electron chi connectivity index (χ2n) is 9.30. The third kappa shape index (κ3) is 4.17. The van der Waals surface area contributed by atoms with Crippen LogP contribution in [0.5, 0.6) is 5.75 Å². The number of nitrogens with zero attached hydrogens (tertiary/aromatic N) is 2. The van der Waals surface area contributed by atoms with Gasteiger partial charge < -0.3 is 9.47 Å². The Hall–Kier alpha value is -3.96. The number of rotatable bonds is 4. The van der Waals surface area contributed by atoms with Gasteiger partial charge in [-0.1, -0.05) is 24.3 Å². The van der Waals surface area contributed by atoms with E-state index in [2.05, 4.69) is 10.3 Å². The molecule has 0 spiro atoms. The molecule has 3 N–H and O–H groups in total. The van der Waals surface area contributed by atoms with Crippen LogP contribution in [0.1, 0.15) is 35.6 Å². The maximum Gasteiger partial charge on any atom is 0.417 e.